The average molecular weight is 692 g/mol. The molecule has 0 saturated heterocycles. The van der Waals surface area contributed by atoms with Gasteiger partial charge >= 0.3 is 0 Å². The molecule has 54 heavy (non-hydrogen) atoms. The molecule has 254 valence electrons. The zero-order chi connectivity index (χ0) is 35.8. The van der Waals surface area contributed by atoms with Gasteiger partial charge in [-0.3, -0.25) is 0 Å². The highest BCUT2D eigenvalue weighted by Crippen LogP contribution is 2.42. The smallest absolute Gasteiger partial charge is 0.136 e. The van der Waals surface area contributed by atoms with Crippen molar-refractivity contribution in [1.82, 2.24) is 9.97 Å². The molecule has 8 aromatic carbocycles. The Morgan fingerprint density at radius 2 is 0.889 bits per heavy atom. The minimum Gasteiger partial charge on any atom is -0.456 e. The highest BCUT2D eigenvalue weighted by Gasteiger charge is 2.20. The van der Waals surface area contributed by atoms with Gasteiger partial charge in [-0.2, -0.15) is 0 Å². The van der Waals surface area contributed by atoms with Crippen LogP contribution in [0.2, 0.25) is 0 Å². The van der Waals surface area contributed by atoms with Gasteiger partial charge in [0.2, 0.25) is 0 Å². The largest absolute Gasteiger partial charge is 0.456 e. The maximum atomic E-state index is 6.62. The third kappa shape index (κ3) is 5.67. The number of anilines is 3. The van der Waals surface area contributed by atoms with Crippen molar-refractivity contribution < 1.29 is 4.42 Å². The molecule has 0 radical (unpaired) electrons. The Morgan fingerprint density at radius 3 is 1.63 bits per heavy atom. The summed E-state index contributed by atoms with van der Waals surface area (Å²) in [5.41, 5.74) is 14.9. The van der Waals surface area contributed by atoms with E-state index in [0.29, 0.717) is 0 Å². The Kier molecular flexibility index (Phi) is 7.77. The van der Waals surface area contributed by atoms with Crippen molar-refractivity contribution in [3.63, 3.8) is 0 Å². The minimum absolute atomic E-state index is 0.816. The molecule has 0 aliphatic heterocycles. The molecule has 0 spiro atoms. The first-order chi connectivity index (χ1) is 26.8. The van der Waals surface area contributed by atoms with Crippen LogP contribution in [0.4, 0.5) is 17.1 Å². The number of fused-ring (bicyclic) bond motifs is 4. The fourth-order valence-electron chi connectivity index (χ4n) is 7.47. The normalized spacial score (nSPS) is 11.3. The van der Waals surface area contributed by atoms with E-state index >= 15 is 0 Å². The van der Waals surface area contributed by atoms with Crippen molar-refractivity contribution >= 4 is 50.0 Å². The van der Waals surface area contributed by atoms with Crippen LogP contribution in [0.25, 0.3) is 77.7 Å². The van der Waals surface area contributed by atoms with E-state index in [0.717, 1.165) is 83.7 Å². The van der Waals surface area contributed by atoms with Gasteiger partial charge in [-0.1, -0.05) is 133 Å². The molecule has 0 N–H and O–H groups in total. The maximum absolute atomic E-state index is 6.62. The molecular formula is C50H33N3O. The average Bonchev–Trinajstić information content (AvgIpc) is 3.63. The number of hydrogen-bond acceptors (Lipinski definition) is 4. The molecule has 10 rings (SSSR count). The molecule has 0 aliphatic rings. The van der Waals surface area contributed by atoms with E-state index in [1.807, 2.05) is 60.7 Å². The second kappa shape index (κ2) is 13.4. The number of furan rings is 1. The van der Waals surface area contributed by atoms with Crippen LogP contribution >= 0.6 is 0 Å². The van der Waals surface area contributed by atoms with Gasteiger partial charge in [0.05, 0.1) is 22.4 Å². The maximum Gasteiger partial charge on any atom is 0.136 e. The summed E-state index contributed by atoms with van der Waals surface area (Å²) in [5.74, 6) is 0. The number of nitrogens with zero attached hydrogens (tertiary/aromatic N) is 3. The summed E-state index contributed by atoms with van der Waals surface area (Å²) in [6.45, 7) is 0. The number of benzene rings is 8. The molecule has 10 aromatic rings. The lowest BCUT2D eigenvalue weighted by molar-refractivity contribution is 0.669. The Hall–Kier alpha value is -7.30. The van der Waals surface area contributed by atoms with Crippen LogP contribution < -0.4 is 4.90 Å². The zero-order valence-electron chi connectivity index (χ0n) is 29.3. The molecule has 2 heterocycles. The SMILES string of the molecule is c1ccc(-c2ccc(N(c3ccccc3)c3cccc(-c4ccc5c(c4)oc4cccc(-c6nc7ccccc7nc6-c6ccccc6)c45)c3)cc2)cc1. The summed E-state index contributed by atoms with van der Waals surface area (Å²) in [7, 11) is 0. The van der Waals surface area contributed by atoms with Crippen molar-refractivity contribution in [1.29, 1.82) is 0 Å². The van der Waals surface area contributed by atoms with E-state index < -0.39 is 0 Å². The predicted molar refractivity (Wildman–Crippen MR) is 223 cm³/mol. The summed E-state index contributed by atoms with van der Waals surface area (Å²) in [6.07, 6.45) is 0. The van der Waals surface area contributed by atoms with E-state index in [-0.39, 0.29) is 0 Å². The molecule has 0 bridgehead atoms. The second-order valence-electron chi connectivity index (χ2n) is 13.4. The van der Waals surface area contributed by atoms with E-state index in [4.69, 9.17) is 14.4 Å². The standard InChI is InChI=1S/C50H33N3O/c1-4-14-34(15-5-1)35-26-29-40(30-27-35)53(39-19-8-3-9-20-39)41-21-12-18-37(32-41)38-28-31-42-47(33-38)54-46-25-13-22-43(48(42)46)50-49(36-16-6-2-7-17-36)51-44-23-10-11-24-45(44)52-50/h1-33H. The first-order valence-electron chi connectivity index (χ1n) is 18.2. The summed E-state index contributed by atoms with van der Waals surface area (Å²) in [5, 5.41) is 2.07. The molecule has 0 fully saturated rings. The van der Waals surface area contributed by atoms with Crippen LogP contribution in [0.1, 0.15) is 0 Å². The van der Waals surface area contributed by atoms with E-state index in [2.05, 4.69) is 144 Å². The summed E-state index contributed by atoms with van der Waals surface area (Å²) in [6, 6.07) is 69.6. The summed E-state index contributed by atoms with van der Waals surface area (Å²) in [4.78, 5) is 12.6. The number of rotatable bonds is 7. The van der Waals surface area contributed by atoms with Gasteiger partial charge in [-0.25, -0.2) is 9.97 Å². The second-order valence-corrected chi connectivity index (χ2v) is 13.4. The molecule has 0 amide bonds. The number of hydrogen-bond donors (Lipinski definition) is 0. The zero-order valence-corrected chi connectivity index (χ0v) is 29.3. The van der Waals surface area contributed by atoms with Crippen LogP contribution in [0.15, 0.2) is 205 Å². The Bertz CT molecular complexity index is 2920. The van der Waals surface area contributed by atoms with Crippen molar-refractivity contribution in [3.05, 3.63) is 200 Å². The highest BCUT2D eigenvalue weighted by molar-refractivity contribution is 6.14. The fraction of sp³-hybridized carbons (Fsp3) is 0. The van der Waals surface area contributed by atoms with Gasteiger partial charge in [0, 0.05) is 39.0 Å². The van der Waals surface area contributed by atoms with E-state index in [1.54, 1.807) is 0 Å². The Labute approximate surface area is 313 Å². The highest BCUT2D eigenvalue weighted by atomic mass is 16.3. The lowest BCUT2D eigenvalue weighted by atomic mass is 9.97. The minimum atomic E-state index is 0.816. The monoisotopic (exact) mass is 691 g/mol. The third-order valence-corrected chi connectivity index (χ3v) is 10.1. The van der Waals surface area contributed by atoms with E-state index in [1.165, 1.54) is 11.1 Å². The lowest BCUT2D eigenvalue weighted by Gasteiger charge is -2.26. The molecule has 0 saturated carbocycles. The Morgan fingerprint density at radius 1 is 0.352 bits per heavy atom. The van der Waals surface area contributed by atoms with Crippen molar-refractivity contribution in [2.24, 2.45) is 0 Å². The van der Waals surface area contributed by atoms with Gasteiger partial charge in [0.15, 0.2) is 0 Å². The molecule has 4 nitrogen and oxygen atoms in total. The van der Waals surface area contributed by atoms with Crippen LogP contribution in [0.5, 0.6) is 0 Å². The van der Waals surface area contributed by atoms with Crippen molar-refractivity contribution in [2.45, 2.75) is 0 Å². The van der Waals surface area contributed by atoms with Gasteiger partial charge in [0.25, 0.3) is 0 Å². The number of aromatic nitrogens is 2. The van der Waals surface area contributed by atoms with Crippen molar-refractivity contribution in [3.8, 4) is 44.8 Å². The molecule has 0 unspecified atom stereocenters. The van der Waals surface area contributed by atoms with Crippen LogP contribution in [-0.2, 0) is 0 Å². The molecule has 0 aliphatic carbocycles. The molecule has 4 heteroatoms. The molecule has 0 atom stereocenters. The lowest BCUT2D eigenvalue weighted by Crippen LogP contribution is -2.09. The first kappa shape index (κ1) is 31.4. The van der Waals surface area contributed by atoms with Gasteiger partial charge in [0.1, 0.15) is 11.2 Å². The predicted octanol–water partition coefficient (Wildman–Crippen LogP) is 13.7. The third-order valence-electron chi connectivity index (χ3n) is 10.1. The summed E-state index contributed by atoms with van der Waals surface area (Å²) >= 11 is 0. The van der Waals surface area contributed by atoms with Gasteiger partial charge in [-0.05, 0) is 89.0 Å². The van der Waals surface area contributed by atoms with E-state index in [9.17, 15) is 0 Å². The van der Waals surface area contributed by atoms with Crippen LogP contribution in [0.3, 0.4) is 0 Å². The van der Waals surface area contributed by atoms with Gasteiger partial charge < -0.3 is 9.32 Å². The Balaban J connectivity index is 1.07. The van der Waals surface area contributed by atoms with Gasteiger partial charge in [-0.15, -0.1) is 0 Å². The molecular weight excluding hydrogens is 659 g/mol. The quantitative estimate of drug-likeness (QED) is 0.167. The summed E-state index contributed by atoms with van der Waals surface area (Å²) < 4.78 is 6.62. The fourth-order valence-corrected chi connectivity index (χ4v) is 7.47. The van der Waals surface area contributed by atoms with Crippen LogP contribution in [-0.4, -0.2) is 9.97 Å². The number of para-hydroxylation sites is 3. The first-order valence-corrected chi connectivity index (χ1v) is 18.2. The van der Waals surface area contributed by atoms with Crippen molar-refractivity contribution in [2.75, 3.05) is 4.90 Å². The molecule has 2 aromatic heterocycles. The topological polar surface area (TPSA) is 42.2 Å². The van der Waals surface area contributed by atoms with Crippen LogP contribution in [0, 0.1) is 0 Å².